The molecule has 1 aliphatic carbocycles. The summed E-state index contributed by atoms with van der Waals surface area (Å²) in [6.07, 6.45) is 10.8. The molecule has 1 aliphatic heterocycles. The molecular weight excluding hydrogens is 320 g/mol. The number of amides is 1. The lowest BCUT2D eigenvalue weighted by Gasteiger charge is -2.26. The number of rotatable bonds is 4. The van der Waals surface area contributed by atoms with E-state index in [1.165, 1.54) is 31.0 Å². The van der Waals surface area contributed by atoms with Crippen molar-refractivity contribution in [3.05, 3.63) is 39.6 Å². The summed E-state index contributed by atoms with van der Waals surface area (Å²) in [5, 5.41) is 6.77. The summed E-state index contributed by atoms with van der Waals surface area (Å²) >= 11 is 0. The molecule has 0 radical (unpaired) electrons. The van der Waals surface area contributed by atoms with Crippen LogP contribution in [0.2, 0.25) is 0 Å². The quantitative estimate of drug-likeness (QED) is 0.613. The van der Waals surface area contributed by atoms with Crippen LogP contribution in [0.1, 0.15) is 49.4 Å². The van der Waals surface area contributed by atoms with E-state index in [1.807, 2.05) is 6.92 Å². The summed E-state index contributed by atoms with van der Waals surface area (Å²) in [5.74, 6) is 0.0113. The van der Waals surface area contributed by atoms with Crippen LogP contribution < -0.4 is 0 Å². The molecule has 132 valence electrons. The van der Waals surface area contributed by atoms with Crippen LogP contribution >= 0.6 is 0 Å². The van der Waals surface area contributed by atoms with Crippen LogP contribution in [-0.4, -0.2) is 29.0 Å². The van der Waals surface area contributed by atoms with Gasteiger partial charge in [-0.3, -0.25) is 4.79 Å². The smallest absolute Gasteiger partial charge is 0.322 e. The number of hydrogen-bond acceptors (Lipinski definition) is 5. The zero-order chi connectivity index (χ0) is 17.8. The third kappa shape index (κ3) is 3.45. The van der Waals surface area contributed by atoms with Crippen molar-refractivity contribution in [3.8, 4) is 0 Å². The van der Waals surface area contributed by atoms with Crippen LogP contribution in [0.5, 0.6) is 0 Å². The van der Waals surface area contributed by atoms with Crippen molar-refractivity contribution in [1.29, 1.82) is 0 Å². The largest absolute Gasteiger partial charge is 0.504 e. The number of nitroso groups, excluding NO2 is 1. The van der Waals surface area contributed by atoms with E-state index in [-0.39, 0.29) is 5.56 Å². The summed E-state index contributed by atoms with van der Waals surface area (Å²) in [6, 6.07) is 0. The van der Waals surface area contributed by atoms with E-state index in [0.29, 0.717) is 18.3 Å². The number of aliphatic imine (C=N–C) groups is 1. The lowest BCUT2D eigenvalue weighted by Crippen LogP contribution is -2.16. The van der Waals surface area contributed by atoms with Crippen molar-refractivity contribution in [1.82, 2.24) is 9.78 Å². The fraction of sp³-hybridized carbons (Fsp3) is 0.500. The van der Waals surface area contributed by atoms with Crippen molar-refractivity contribution in [2.24, 2.45) is 16.1 Å². The first-order valence-electron chi connectivity index (χ1n) is 8.56. The van der Waals surface area contributed by atoms with Crippen molar-refractivity contribution in [2.45, 2.75) is 45.6 Å². The third-order valence-corrected chi connectivity index (χ3v) is 4.92. The van der Waals surface area contributed by atoms with Crippen molar-refractivity contribution in [2.75, 3.05) is 7.11 Å². The molecule has 1 aromatic rings. The van der Waals surface area contributed by atoms with Crippen LogP contribution in [0, 0.1) is 10.8 Å². The molecule has 7 heteroatoms. The number of nitrogens with zero attached hydrogens (tertiary/aromatic N) is 4. The van der Waals surface area contributed by atoms with E-state index in [0.717, 1.165) is 24.0 Å². The Labute approximate surface area is 146 Å². The molecule has 0 aromatic carbocycles. The minimum atomic E-state index is -0.842. The van der Waals surface area contributed by atoms with Gasteiger partial charge in [-0.2, -0.15) is 5.10 Å². The number of carbonyl (C=O) groups is 1. The number of aromatic nitrogens is 2. The fourth-order valence-corrected chi connectivity index (χ4v) is 3.68. The fourth-order valence-electron chi connectivity index (χ4n) is 3.68. The van der Waals surface area contributed by atoms with Crippen LogP contribution in [-0.2, 0) is 11.3 Å². The molecule has 0 atom stereocenters. The number of methoxy groups -OCH3 is 1. The summed E-state index contributed by atoms with van der Waals surface area (Å²) in [5.41, 5.74) is 3.41. The van der Waals surface area contributed by atoms with E-state index < -0.39 is 5.91 Å². The van der Waals surface area contributed by atoms with Crippen LogP contribution in [0.15, 0.2) is 39.3 Å². The van der Waals surface area contributed by atoms with Gasteiger partial charge in [0, 0.05) is 17.0 Å². The molecule has 1 aromatic heterocycles. The Morgan fingerprint density at radius 1 is 1.36 bits per heavy atom. The summed E-state index contributed by atoms with van der Waals surface area (Å²) in [4.78, 5) is 26.8. The van der Waals surface area contributed by atoms with Gasteiger partial charge < -0.3 is 4.74 Å². The van der Waals surface area contributed by atoms with Gasteiger partial charge in [0.15, 0.2) is 5.82 Å². The number of carbonyl (C=O) groups excluding carboxylic acids is 1. The lowest BCUT2D eigenvalue weighted by atomic mass is 9.81. The molecule has 3 rings (SSSR count). The highest BCUT2D eigenvalue weighted by Crippen LogP contribution is 2.36. The molecule has 1 fully saturated rings. The molecule has 1 amide bonds. The third-order valence-electron chi connectivity index (χ3n) is 4.92. The van der Waals surface area contributed by atoms with Crippen LogP contribution in [0.25, 0.3) is 0 Å². The first-order chi connectivity index (χ1) is 12.2. The maximum atomic E-state index is 11.7. The van der Waals surface area contributed by atoms with Gasteiger partial charge in [0.25, 0.3) is 0 Å². The predicted octanol–water partition coefficient (Wildman–Crippen LogP) is 3.93. The number of fused-ring (bicyclic) bond motifs is 1. The molecule has 0 saturated heterocycles. The van der Waals surface area contributed by atoms with Crippen molar-refractivity contribution in [3.63, 3.8) is 0 Å². The highest BCUT2D eigenvalue weighted by molar-refractivity contribution is 6.00. The zero-order valence-electron chi connectivity index (χ0n) is 14.6. The molecule has 25 heavy (non-hydrogen) atoms. The molecule has 0 spiro atoms. The minimum absolute atomic E-state index is 0.142. The Morgan fingerprint density at radius 2 is 2.12 bits per heavy atom. The SMILES string of the molecule is CO/C=C(\C)C1=C(C2CCCCC2)Cn2ncc(C(=O)N=O)c2N=C1. The predicted molar refractivity (Wildman–Crippen MR) is 94.9 cm³/mol. The highest BCUT2D eigenvalue weighted by Gasteiger charge is 2.26. The van der Waals surface area contributed by atoms with E-state index in [2.05, 4.69) is 15.3 Å². The van der Waals surface area contributed by atoms with Gasteiger partial charge in [-0.05, 0) is 36.8 Å². The maximum Gasteiger partial charge on any atom is 0.322 e. The van der Waals surface area contributed by atoms with Gasteiger partial charge in [-0.15, -0.1) is 4.91 Å². The first kappa shape index (κ1) is 17.3. The monoisotopic (exact) mass is 342 g/mol. The molecule has 0 N–H and O–H groups in total. The first-order valence-corrected chi connectivity index (χ1v) is 8.56. The van der Waals surface area contributed by atoms with E-state index >= 15 is 0 Å². The second-order valence-corrected chi connectivity index (χ2v) is 6.50. The molecule has 2 aliphatic rings. The Kier molecular flexibility index (Phi) is 5.21. The highest BCUT2D eigenvalue weighted by atomic mass is 16.5. The topological polar surface area (TPSA) is 85.9 Å². The van der Waals surface area contributed by atoms with Crippen LogP contribution in [0.4, 0.5) is 5.82 Å². The Bertz CT molecular complexity index is 767. The summed E-state index contributed by atoms with van der Waals surface area (Å²) in [7, 11) is 1.62. The molecule has 7 nitrogen and oxygen atoms in total. The normalized spacial score (nSPS) is 18.7. The van der Waals surface area contributed by atoms with Gasteiger partial charge in [0.1, 0.15) is 5.56 Å². The molecule has 2 heterocycles. The van der Waals surface area contributed by atoms with E-state index in [1.54, 1.807) is 24.3 Å². The average Bonchev–Trinajstić information content (AvgIpc) is 2.94. The lowest BCUT2D eigenvalue weighted by molar-refractivity contribution is 0.100. The summed E-state index contributed by atoms with van der Waals surface area (Å²) < 4.78 is 6.87. The van der Waals surface area contributed by atoms with Gasteiger partial charge in [0.05, 0.1) is 26.1 Å². The Morgan fingerprint density at radius 3 is 2.80 bits per heavy atom. The van der Waals surface area contributed by atoms with Crippen LogP contribution in [0.3, 0.4) is 0 Å². The molecule has 1 saturated carbocycles. The average molecular weight is 342 g/mol. The number of hydrogen-bond donors (Lipinski definition) is 0. The molecule has 0 unspecified atom stereocenters. The zero-order valence-corrected chi connectivity index (χ0v) is 14.6. The van der Waals surface area contributed by atoms with Crippen molar-refractivity contribution >= 4 is 17.9 Å². The van der Waals surface area contributed by atoms with Crippen molar-refractivity contribution < 1.29 is 9.53 Å². The standard InChI is InChI=1S/C18H22N4O3/c1-12(11-25-2)14-8-19-17-15(18(23)21-24)9-20-22(17)10-16(14)13-6-4-3-5-7-13/h8-9,11,13H,3-7,10H2,1-2H3/b12-11+. The molecular formula is C18H22N4O3. The second kappa shape index (κ2) is 7.55. The Balaban J connectivity index is 2.05. The van der Waals surface area contributed by atoms with E-state index in [4.69, 9.17) is 4.74 Å². The molecule has 0 bridgehead atoms. The second-order valence-electron chi connectivity index (χ2n) is 6.50. The maximum absolute atomic E-state index is 11.7. The number of ether oxygens (including phenoxy) is 1. The Hall–Kier alpha value is -2.57. The van der Waals surface area contributed by atoms with Gasteiger partial charge in [0.2, 0.25) is 0 Å². The minimum Gasteiger partial charge on any atom is -0.504 e. The van der Waals surface area contributed by atoms with Gasteiger partial charge in [-0.25, -0.2) is 9.67 Å². The number of allylic oxidation sites excluding steroid dienone is 3. The van der Waals surface area contributed by atoms with Gasteiger partial charge in [-0.1, -0.05) is 19.3 Å². The van der Waals surface area contributed by atoms with E-state index in [9.17, 15) is 9.70 Å². The van der Waals surface area contributed by atoms with Gasteiger partial charge >= 0.3 is 5.91 Å². The summed E-state index contributed by atoms with van der Waals surface area (Å²) in [6.45, 7) is 2.54.